The van der Waals surface area contributed by atoms with E-state index in [0.29, 0.717) is 5.57 Å². The van der Waals surface area contributed by atoms with Crippen LogP contribution < -0.4 is 0 Å². The largest absolute Gasteiger partial charge is 0.507 e. The summed E-state index contributed by atoms with van der Waals surface area (Å²) in [6.07, 6.45) is 6.56. The number of aliphatic hydroxyl groups is 1. The van der Waals surface area contributed by atoms with Crippen molar-refractivity contribution in [1.29, 1.82) is 5.26 Å². The number of fused-ring (bicyclic) bond motifs is 1. The van der Waals surface area contributed by atoms with E-state index in [1.165, 1.54) is 5.57 Å². The van der Waals surface area contributed by atoms with Crippen LogP contribution >= 0.6 is 0 Å². The summed E-state index contributed by atoms with van der Waals surface area (Å²) in [6.45, 7) is 0. The van der Waals surface area contributed by atoms with Gasteiger partial charge in [0.15, 0.2) is 0 Å². The molecular weight excluding hydrogens is 150 g/mol. The Morgan fingerprint density at radius 3 is 3.00 bits per heavy atom. The van der Waals surface area contributed by atoms with Crippen LogP contribution in [0.25, 0.3) is 0 Å². The first kappa shape index (κ1) is 7.17. The number of nitriles is 1. The zero-order valence-electron chi connectivity index (χ0n) is 6.67. The van der Waals surface area contributed by atoms with Gasteiger partial charge >= 0.3 is 0 Å². The van der Waals surface area contributed by atoms with Crippen LogP contribution in [-0.2, 0) is 0 Å². The van der Waals surface area contributed by atoms with Crippen molar-refractivity contribution in [2.75, 3.05) is 0 Å². The first-order valence-corrected chi connectivity index (χ1v) is 4.05. The van der Waals surface area contributed by atoms with Crippen molar-refractivity contribution in [2.45, 2.75) is 19.3 Å². The van der Waals surface area contributed by atoms with Gasteiger partial charge in [0, 0.05) is 0 Å². The molecule has 2 aliphatic rings. The normalized spacial score (nSPS) is 21.2. The second-order valence-electron chi connectivity index (χ2n) is 3.03. The highest BCUT2D eigenvalue weighted by atomic mass is 16.3. The summed E-state index contributed by atoms with van der Waals surface area (Å²) >= 11 is 0. The molecule has 0 aromatic rings. The highest BCUT2D eigenvalue weighted by Gasteiger charge is 2.21. The monoisotopic (exact) mass is 159 g/mol. The lowest BCUT2D eigenvalue weighted by Crippen LogP contribution is -1.99. The quantitative estimate of drug-likeness (QED) is 0.589. The summed E-state index contributed by atoms with van der Waals surface area (Å²) in [6, 6.07) is 2.05. The minimum atomic E-state index is 0.159. The lowest BCUT2D eigenvalue weighted by atomic mass is 9.94. The Bertz CT molecular complexity index is 353. The van der Waals surface area contributed by atoms with Crippen LogP contribution in [0.5, 0.6) is 0 Å². The highest BCUT2D eigenvalue weighted by molar-refractivity contribution is 5.55. The van der Waals surface area contributed by atoms with Gasteiger partial charge in [-0.25, -0.2) is 0 Å². The molecule has 0 bridgehead atoms. The smallest absolute Gasteiger partial charge is 0.129 e. The Morgan fingerprint density at radius 1 is 1.42 bits per heavy atom. The molecule has 0 saturated carbocycles. The van der Waals surface area contributed by atoms with E-state index < -0.39 is 0 Å². The molecule has 2 rings (SSSR count). The van der Waals surface area contributed by atoms with E-state index >= 15 is 0 Å². The number of allylic oxidation sites excluding steroid dienone is 5. The fourth-order valence-electron chi connectivity index (χ4n) is 1.75. The summed E-state index contributed by atoms with van der Waals surface area (Å²) in [5.41, 5.74) is 2.76. The fourth-order valence-corrected chi connectivity index (χ4v) is 1.75. The van der Waals surface area contributed by atoms with E-state index in [1.807, 2.05) is 6.07 Å². The summed E-state index contributed by atoms with van der Waals surface area (Å²) < 4.78 is 0. The van der Waals surface area contributed by atoms with E-state index in [-0.39, 0.29) is 5.76 Å². The first-order valence-electron chi connectivity index (χ1n) is 4.05. The molecule has 0 radical (unpaired) electrons. The van der Waals surface area contributed by atoms with Crippen molar-refractivity contribution in [3.8, 4) is 6.07 Å². The van der Waals surface area contributed by atoms with Crippen LogP contribution in [0.3, 0.4) is 0 Å². The van der Waals surface area contributed by atoms with Crippen LogP contribution in [0.4, 0.5) is 0 Å². The average molecular weight is 159 g/mol. The Morgan fingerprint density at radius 2 is 2.25 bits per heavy atom. The van der Waals surface area contributed by atoms with Crippen LogP contribution in [0.2, 0.25) is 0 Å². The van der Waals surface area contributed by atoms with E-state index in [9.17, 15) is 5.11 Å². The van der Waals surface area contributed by atoms with E-state index in [4.69, 9.17) is 5.26 Å². The zero-order chi connectivity index (χ0) is 8.55. The molecule has 0 aliphatic heterocycles. The van der Waals surface area contributed by atoms with Crippen molar-refractivity contribution < 1.29 is 5.11 Å². The van der Waals surface area contributed by atoms with Gasteiger partial charge in [0.1, 0.15) is 11.8 Å². The Balaban J connectivity index is 2.53. The Kier molecular flexibility index (Phi) is 1.51. The SMILES string of the molecule is N#CC1=C2CCC=C2CC=C1O. The third kappa shape index (κ3) is 0.868. The minimum absolute atomic E-state index is 0.159. The van der Waals surface area contributed by atoms with E-state index in [2.05, 4.69) is 6.08 Å². The molecule has 0 spiro atoms. The minimum Gasteiger partial charge on any atom is -0.507 e. The molecule has 2 nitrogen and oxygen atoms in total. The highest BCUT2D eigenvalue weighted by Crippen LogP contribution is 2.35. The van der Waals surface area contributed by atoms with Gasteiger partial charge in [0.05, 0.1) is 5.57 Å². The van der Waals surface area contributed by atoms with Crippen LogP contribution in [-0.4, -0.2) is 5.11 Å². The number of hydrogen-bond acceptors (Lipinski definition) is 2. The zero-order valence-corrected chi connectivity index (χ0v) is 6.67. The molecule has 0 fully saturated rings. The maximum absolute atomic E-state index is 9.37. The summed E-state index contributed by atoms with van der Waals surface area (Å²) in [4.78, 5) is 0. The number of hydrogen-bond donors (Lipinski definition) is 1. The third-order valence-corrected chi connectivity index (χ3v) is 2.36. The van der Waals surface area contributed by atoms with Gasteiger partial charge in [-0.1, -0.05) is 6.08 Å². The number of aliphatic hydroxyl groups excluding tert-OH is 1. The first-order chi connectivity index (χ1) is 5.83. The second kappa shape index (κ2) is 2.53. The molecule has 0 atom stereocenters. The summed E-state index contributed by atoms with van der Waals surface area (Å²) in [5, 5.41) is 18.1. The molecule has 0 heterocycles. The van der Waals surface area contributed by atoms with Gasteiger partial charge in [-0.15, -0.1) is 0 Å². The van der Waals surface area contributed by atoms with Gasteiger partial charge in [-0.05, 0) is 36.5 Å². The average Bonchev–Trinajstić information content (AvgIpc) is 2.52. The van der Waals surface area contributed by atoms with Gasteiger partial charge in [0.2, 0.25) is 0 Å². The van der Waals surface area contributed by atoms with Crippen LogP contribution in [0.15, 0.2) is 34.6 Å². The van der Waals surface area contributed by atoms with Crippen molar-refractivity contribution >= 4 is 0 Å². The maximum Gasteiger partial charge on any atom is 0.129 e. The molecule has 12 heavy (non-hydrogen) atoms. The standard InChI is InChI=1S/C10H9NO/c11-6-9-8-3-1-2-7(8)4-5-10(9)12/h2,5,12H,1,3-4H2. The molecule has 2 heteroatoms. The predicted molar refractivity (Wildman–Crippen MR) is 45.3 cm³/mol. The second-order valence-corrected chi connectivity index (χ2v) is 3.03. The lowest BCUT2D eigenvalue weighted by molar-refractivity contribution is 0.422. The van der Waals surface area contributed by atoms with Gasteiger partial charge in [-0.2, -0.15) is 5.26 Å². The molecule has 60 valence electrons. The van der Waals surface area contributed by atoms with Gasteiger partial charge in [-0.3, -0.25) is 0 Å². The van der Waals surface area contributed by atoms with Crippen molar-refractivity contribution in [1.82, 2.24) is 0 Å². The van der Waals surface area contributed by atoms with Gasteiger partial charge in [0.25, 0.3) is 0 Å². The molecule has 0 saturated heterocycles. The van der Waals surface area contributed by atoms with E-state index in [1.54, 1.807) is 6.08 Å². The van der Waals surface area contributed by atoms with Crippen molar-refractivity contribution in [3.63, 3.8) is 0 Å². The topological polar surface area (TPSA) is 44.0 Å². The molecule has 1 N–H and O–H groups in total. The van der Waals surface area contributed by atoms with Crippen molar-refractivity contribution in [3.05, 3.63) is 34.6 Å². The molecule has 0 aromatic heterocycles. The Hall–Kier alpha value is -1.49. The lowest BCUT2D eigenvalue weighted by Gasteiger charge is -2.12. The molecule has 0 amide bonds. The molecule has 0 unspecified atom stereocenters. The maximum atomic E-state index is 9.37. The van der Waals surface area contributed by atoms with Gasteiger partial charge < -0.3 is 5.11 Å². The molecule has 0 aromatic carbocycles. The fraction of sp³-hybridized carbons (Fsp3) is 0.300. The molecular formula is C10H9NO. The van der Waals surface area contributed by atoms with Crippen LogP contribution in [0.1, 0.15) is 19.3 Å². The number of rotatable bonds is 0. The van der Waals surface area contributed by atoms with E-state index in [0.717, 1.165) is 24.8 Å². The Labute approximate surface area is 71.1 Å². The summed E-state index contributed by atoms with van der Waals surface area (Å²) in [5.74, 6) is 0.159. The van der Waals surface area contributed by atoms with Crippen molar-refractivity contribution in [2.24, 2.45) is 0 Å². The number of nitrogens with zero attached hydrogens (tertiary/aromatic N) is 1. The predicted octanol–water partition coefficient (Wildman–Crippen LogP) is 2.37. The summed E-state index contributed by atoms with van der Waals surface area (Å²) in [7, 11) is 0. The molecule has 2 aliphatic carbocycles. The van der Waals surface area contributed by atoms with Crippen LogP contribution in [0, 0.1) is 11.3 Å². The third-order valence-electron chi connectivity index (χ3n) is 2.36.